The van der Waals surface area contributed by atoms with E-state index in [1.165, 1.54) is 25.9 Å². The predicted molar refractivity (Wildman–Crippen MR) is 83.9 cm³/mol. The second-order valence-corrected chi connectivity index (χ2v) is 5.74. The van der Waals surface area contributed by atoms with Crippen LogP contribution in [0.15, 0.2) is 24.4 Å². The molecule has 0 spiro atoms. The summed E-state index contributed by atoms with van der Waals surface area (Å²) >= 11 is 0. The second kappa shape index (κ2) is 5.90. The van der Waals surface area contributed by atoms with E-state index in [1.807, 2.05) is 12.1 Å². The first-order valence-electron chi connectivity index (χ1n) is 7.77. The maximum atomic E-state index is 11.5. The SMILES string of the molecule is CCn1cc(CCN2CCCC2)c2c(C(=O)O)cccc21. The molecule has 1 aromatic carbocycles. The summed E-state index contributed by atoms with van der Waals surface area (Å²) < 4.78 is 2.15. The van der Waals surface area contributed by atoms with E-state index in [0.717, 1.165) is 36.0 Å². The van der Waals surface area contributed by atoms with Crippen molar-refractivity contribution < 1.29 is 9.90 Å². The lowest BCUT2D eigenvalue weighted by atomic mass is 10.0. The average Bonchev–Trinajstić information content (AvgIpc) is 3.12. The third-order valence-electron chi connectivity index (χ3n) is 4.45. The predicted octanol–water partition coefficient (Wildman–Crippen LogP) is 3.00. The first-order chi connectivity index (χ1) is 10.2. The number of carboxylic acids is 1. The topological polar surface area (TPSA) is 45.5 Å². The van der Waals surface area contributed by atoms with Gasteiger partial charge in [0.1, 0.15) is 0 Å². The van der Waals surface area contributed by atoms with Gasteiger partial charge in [-0.1, -0.05) is 6.07 Å². The van der Waals surface area contributed by atoms with E-state index in [4.69, 9.17) is 0 Å². The quantitative estimate of drug-likeness (QED) is 0.919. The van der Waals surface area contributed by atoms with Crippen LogP contribution < -0.4 is 0 Å². The van der Waals surface area contributed by atoms with Crippen molar-refractivity contribution in [1.82, 2.24) is 9.47 Å². The van der Waals surface area contributed by atoms with Gasteiger partial charge in [-0.25, -0.2) is 4.79 Å². The molecule has 0 saturated carbocycles. The van der Waals surface area contributed by atoms with Gasteiger partial charge in [-0.3, -0.25) is 0 Å². The summed E-state index contributed by atoms with van der Waals surface area (Å²) in [5, 5.41) is 10.4. The van der Waals surface area contributed by atoms with E-state index in [9.17, 15) is 9.90 Å². The lowest BCUT2D eigenvalue weighted by Crippen LogP contribution is -2.21. The average molecular weight is 286 g/mol. The van der Waals surface area contributed by atoms with Crippen molar-refractivity contribution in [2.75, 3.05) is 19.6 Å². The molecule has 0 aliphatic carbocycles. The van der Waals surface area contributed by atoms with Gasteiger partial charge in [0.25, 0.3) is 0 Å². The minimum Gasteiger partial charge on any atom is -0.478 e. The van der Waals surface area contributed by atoms with Crippen molar-refractivity contribution >= 4 is 16.9 Å². The minimum atomic E-state index is -0.836. The van der Waals surface area contributed by atoms with Gasteiger partial charge in [0.15, 0.2) is 0 Å². The van der Waals surface area contributed by atoms with Crippen molar-refractivity contribution in [3.05, 3.63) is 35.5 Å². The molecule has 0 amide bonds. The number of carbonyl (C=O) groups is 1. The van der Waals surface area contributed by atoms with Gasteiger partial charge in [0.05, 0.1) is 5.56 Å². The van der Waals surface area contributed by atoms with Crippen molar-refractivity contribution in [3.63, 3.8) is 0 Å². The molecule has 1 aliphatic heterocycles. The lowest BCUT2D eigenvalue weighted by Gasteiger charge is -2.13. The van der Waals surface area contributed by atoms with Gasteiger partial charge in [0, 0.05) is 30.2 Å². The first kappa shape index (κ1) is 14.1. The molecule has 4 heteroatoms. The van der Waals surface area contributed by atoms with Crippen LogP contribution in [0.3, 0.4) is 0 Å². The molecule has 112 valence electrons. The Hall–Kier alpha value is -1.81. The highest BCUT2D eigenvalue weighted by Crippen LogP contribution is 2.26. The summed E-state index contributed by atoms with van der Waals surface area (Å²) in [5.41, 5.74) is 2.63. The zero-order chi connectivity index (χ0) is 14.8. The molecular weight excluding hydrogens is 264 g/mol. The summed E-state index contributed by atoms with van der Waals surface area (Å²) in [6.45, 7) is 6.34. The number of carboxylic acid groups (broad SMARTS) is 1. The molecule has 1 N–H and O–H groups in total. The molecule has 21 heavy (non-hydrogen) atoms. The molecule has 0 atom stereocenters. The second-order valence-electron chi connectivity index (χ2n) is 5.74. The minimum absolute atomic E-state index is 0.427. The first-order valence-corrected chi connectivity index (χ1v) is 7.77. The molecule has 0 unspecified atom stereocenters. The van der Waals surface area contributed by atoms with Gasteiger partial charge in [-0.15, -0.1) is 0 Å². The summed E-state index contributed by atoms with van der Waals surface area (Å²) in [6.07, 6.45) is 5.63. The smallest absolute Gasteiger partial charge is 0.336 e. The van der Waals surface area contributed by atoms with Crippen LogP contribution in [0.5, 0.6) is 0 Å². The third-order valence-corrected chi connectivity index (χ3v) is 4.45. The van der Waals surface area contributed by atoms with Crippen molar-refractivity contribution in [1.29, 1.82) is 0 Å². The zero-order valence-corrected chi connectivity index (χ0v) is 12.5. The maximum absolute atomic E-state index is 11.5. The Morgan fingerprint density at radius 2 is 2.05 bits per heavy atom. The van der Waals surface area contributed by atoms with Gasteiger partial charge in [-0.2, -0.15) is 0 Å². The fraction of sp³-hybridized carbons (Fsp3) is 0.471. The van der Waals surface area contributed by atoms with E-state index >= 15 is 0 Å². The van der Waals surface area contributed by atoms with Crippen LogP contribution in [0.25, 0.3) is 10.9 Å². The van der Waals surface area contributed by atoms with Crippen molar-refractivity contribution in [2.24, 2.45) is 0 Å². The number of aryl methyl sites for hydroxylation is 1. The summed E-state index contributed by atoms with van der Waals surface area (Å²) in [4.78, 5) is 14.0. The Balaban J connectivity index is 1.97. The van der Waals surface area contributed by atoms with Crippen molar-refractivity contribution in [3.8, 4) is 0 Å². The van der Waals surface area contributed by atoms with Gasteiger partial charge >= 0.3 is 5.97 Å². The van der Waals surface area contributed by atoms with E-state index in [2.05, 4.69) is 22.6 Å². The number of hydrogen-bond donors (Lipinski definition) is 1. The highest BCUT2D eigenvalue weighted by atomic mass is 16.4. The molecule has 0 radical (unpaired) electrons. The third kappa shape index (κ3) is 2.68. The van der Waals surface area contributed by atoms with Crippen LogP contribution in [0.1, 0.15) is 35.7 Å². The molecule has 4 nitrogen and oxygen atoms in total. The van der Waals surface area contributed by atoms with Crippen LogP contribution >= 0.6 is 0 Å². The van der Waals surface area contributed by atoms with Crippen LogP contribution in [-0.4, -0.2) is 40.2 Å². The molecule has 0 bridgehead atoms. The molecular formula is C17H22N2O2. The van der Waals surface area contributed by atoms with Gasteiger partial charge in [0.2, 0.25) is 0 Å². The van der Waals surface area contributed by atoms with E-state index in [1.54, 1.807) is 6.07 Å². The number of aromatic nitrogens is 1. The fourth-order valence-corrected chi connectivity index (χ4v) is 3.35. The number of benzene rings is 1. The molecule has 1 fully saturated rings. The number of fused-ring (bicyclic) bond motifs is 1. The van der Waals surface area contributed by atoms with Crippen LogP contribution in [0, 0.1) is 0 Å². The summed E-state index contributed by atoms with van der Waals surface area (Å²) in [5.74, 6) is -0.836. The fourth-order valence-electron chi connectivity index (χ4n) is 3.35. The summed E-state index contributed by atoms with van der Waals surface area (Å²) in [6, 6.07) is 5.57. The largest absolute Gasteiger partial charge is 0.478 e. The monoisotopic (exact) mass is 286 g/mol. The normalized spacial score (nSPS) is 15.9. The molecule has 1 aliphatic rings. The number of likely N-dealkylation sites (tertiary alicyclic amines) is 1. The molecule has 2 aromatic rings. The zero-order valence-electron chi connectivity index (χ0n) is 12.5. The number of rotatable bonds is 5. The van der Waals surface area contributed by atoms with Gasteiger partial charge < -0.3 is 14.6 Å². The molecule has 1 saturated heterocycles. The number of hydrogen-bond acceptors (Lipinski definition) is 2. The molecule has 1 aromatic heterocycles. The van der Waals surface area contributed by atoms with E-state index in [0.29, 0.717) is 5.56 Å². The Labute approximate surface area is 125 Å². The molecule has 3 rings (SSSR count). The number of nitrogens with zero attached hydrogens (tertiary/aromatic N) is 2. The summed E-state index contributed by atoms with van der Waals surface area (Å²) in [7, 11) is 0. The Kier molecular flexibility index (Phi) is 3.97. The Morgan fingerprint density at radius 3 is 2.71 bits per heavy atom. The van der Waals surface area contributed by atoms with E-state index in [-0.39, 0.29) is 0 Å². The van der Waals surface area contributed by atoms with Crippen LogP contribution in [-0.2, 0) is 13.0 Å². The Bertz CT molecular complexity index is 654. The number of aromatic carboxylic acids is 1. The van der Waals surface area contributed by atoms with E-state index < -0.39 is 5.97 Å². The van der Waals surface area contributed by atoms with Crippen LogP contribution in [0.4, 0.5) is 0 Å². The Morgan fingerprint density at radius 1 is 1.29 bits per heavy atom. The van der Waals surface area contributed by atoms with Crippen molar-refractivity contribution in [2.45, 2.75) is 32.7 Å². The lowest BCUT2D eigenvalue weighted by molar-refractivity contribution is 0.0699. The molecule has 2 heterocycles. The highest BCUT2D eigenvalue weighted by Gasteiger charge is 2.17. The highest BCUT2D eigenvalue weighted by molar-refractivity contribution is 6.04. The van der Waals surface area contributed by atoms with Crippen LogP contribution in [0.2, 0.25) is 0 Å². The standard InChI is InChI=1S/C17H22N2O2/c1-2-19-12-13(8-11-18-9-3-4-10-18)16-14(17(20)21)6-5-7-15(16)19/h5-7,12H,2-4,8-11H2,1H3,(H,20,21). The van der Waals surface area contributed by atoms with Gasteiger partial charge in [-0.05, 0) is 57.0 Å². The maximum Gasteiger partial charge on any atom is 0.336 e.